The lowest BCUT2D eigenvalue weighted by molar-refractivity contribution is 0.101. The van der Waals surface area contributed by atoms with Crippen molar-refractivity contribution in [1.29, 1.82) is 0 Å². The predicted molar refractivity (Wildman–Crippen MR) is 46.2 cm³/mol. The fraction of sp³-hybridized carbons (Fsp3) is 0.222. The molecule has 0 heterocycles. The molecule has 12 heavy (non-hydrogen) atoms. The van der Waals surface area contributed by atoms with Crippen molar-refractivity contribution >= 4 is 17.4 Å². The summed E-state index contributed by atoms with van der Waals surface area (Å²) in [6.07, 6.45) is 0. The summed E-state index contributed by atoms with van der Waals surface area (Å²) in [6.45, 7) is 2.87. The molecule has 0 N–H and O–H groups in total. The lowest BCUT2D eigenvalue weighted by atomic mass is 10.1. The van der Waals surface area contributed by atoms with Crippen LogP contribution in [0.2, 0.25) is 5.02 Å². The standard InChI is InChI=1S/C9H8ClFO/c1-5-8(10)4-3-7(6(2)12)9(5)11/h3-4H,1-2H3. The van der Waals surface area contributed by atoms with Gasteiger partial charge in [0.05, 0.1) is 5.56 Å². The van der Waals surface area contributed by atoms with Gasteiger partial charge in [0.15, 0.2) is 5.78 Å². The van der Waals surface area contributed by atoms with E-state index in [1.54, 1.807) is 6.92 Å². The molecular weight excluding hydrogens is 179 g/mol. The van der Waals surface area contributed by atoms with Gasteiger partial charge in [-0.05, 0) is 26.0 Å². The Morgan fingerprint density at radius 1 is 1.50 bits per heavy atom. The average molecular weight is 187 g/mol. The van der Waals surface area contributed by atoms with Crippen molar-refractivity contribution in [3.8, 4) is 0 Å². The number of carbonyl (C=O) groups excluding carboxylic acids is 1. The van der Waals surface area contributed by atoms with Gasteiger partial charge in [0, 0.05) is 10.6 Å². The average Bonchev–Trinajstić information content (AvgIpc) is 2.00. The molecule has 0 aromatic heterocycles. The zero-order chi connectivity index (χ0) is 9.30. The van der Waals surface area contributed by atoms with Crippen LogP contribution in [-0.2, 0) is 0 Å². The maximum absolute atomic E-state index is 13.2. The van der Waals surface area contributed by atoms with Gasteiger partial charge in [0.1, 0.15) is 5.82 Å². The molecular formula is C9H8ClFO. The summed E-state index contributed by atoms with van der Waals surface area (Å²) in [4.78, 5) is 10.8. The highest BCUT2D eigenvalue weighted by Gasteiger charge is 2.11. The first-order chi connectivity index (χ1) is 5.54. The van der Waals surface area contributed by atoms with E-state index in [1.165, 1.54) is 19.1 Å². The largest absolute Gasteiger partial charge is 0.294 e. The van der Waals surface area contributed by atoms with Gasteiger partial charge >= 0.3 is 0 Å². The van der Waals surface area contributed by atoms with Gasteiger partial charge in [-0.25, -0.2) is 4.39 Å². The second kappa shape index (κ2) is 3.23. The minimum absolute atomic E-state index is 0.0944. The Morgan fingerprint density at radius 2 is 2.08 bits per heavy atom. The molecule has 0 atom stereocenters. The molecule has 0 unspecified atom stereocenters. The van der Waals surface area contributed by atoms with Gasteiger partial charge < -0.3 is 0 Å². The SMILES string of the molecule is CC(=O)c1ccc(Cl)c(C)c1F. The van der Waals surface area contributed by atoms with E-state index in [0.29, 0.717) is 10.6 Å². The van der Waals surface area contributed by atoms with Crippen molar-refractivity contribution in [3.63, 3.8) is 0 Å². The first-order valence-corrected chi connectivity index (χ1v) is 3.87. The molecule has 0 aliphatic carbocycles. The Hall–Kier alpha value is -0.890. The lowest BCUT2D eigenvalue weighted by Gasteiger charge is -2.02. The Morgan fingerprint density at radius 3 is 2.58 bits per heavy atom. The first-order valence-electron chi connectivity index (χ1n) is 3.49. The minimum atomic E-state index is -0.519. The van der Waals surface area contributed by atoms with Gasteiger partial charge in [-0.3, -0.25) is 4.79 Å². The van der Waals surface area contributed by atoms with Crippen molar-refractivity contribution in [2.24, 2.45) is 0 Å². The molecule has 1 nitrogen and oxygen atoms in total. The van der Waals surface area contributed by atoms with Crippen LogP contribution >= 0.6 is 11.6 Å². The van der Waals surface area contributed by atoms with Crippen LogP contribution in [0, 0.1) is 12.7 Å². The number of halogens is 2. The number of benzene rings is 1. The summed E-state index contributed by atoms with van der Waals surface area (Å²) in [5.74, 6) is -0.803. The van der Waals surface area contributed by atoms with Gasteiger partial charge in [-0.2, -0.15) is 0 Å². The maximum atomic E-state index is 13.2. The van der Waals surface area contributed by atoms with E-state index >= 15 is 0 Å². The molecule has 1 rings (SSSR count). The van der Waals surface area contributed by atoms with Crippen LogP contribution < -0.4 is 0 Å². The monoisotopic (exact) mass is 186 g/mol. The van der Waals surface area contributed by atoms with E-state index in [1.807, 2.05) is 0 Å². The van der Waals surface area contributed by atoms with E-state index in [9.17, 15) is 9.18 Å². The highest BCUT2D eigenvalue weighted by Crippen LogP contribution is 2.21. The van der Waals surface area contributed by atoms with Gasteiger partial charge in [-0.15, -0.1) is 0 Å². The molecule has 0 saturated heterocycles. The molecule has 3 heteroatoms. The first kappa shape index (κ1) is 9.20. The Labute approximate surface area is 75.2 Å². The number of hydrogen-bond acceptors (Lipinski definition) is 1. The van der Waals surface area contributed by atoms with Crippen LogP contribution in [0.1, 0.15) is 22.8 Å². The number of rotatable bonds is 1. The van der Waals surface area contributed by atoms with Gasteiger partial charge in [0.2, 0.25) is 0 Å². The zero-order valence-electron chi connectivity index (χ0n) is 6.82. The van der Waals surface area contributed by atoms with Crippen molar-refractivity contribution in [1.82, 2.24) is 0 Å². The van der Waals surface area contributed by atoms with Crippen LogP contribution in [0.4, 0.5) is 4.39 Å². The Bertz CT molecular complexity index is 334. The van der Waals surface area contributed by atoms with Crippen molar-refractivity contribution in [2.45, 2.75) is 13.8 Å². The summed E-state index contributed by atoms with van der Waals surface area (Å²) in [7, 11) is 0. The van der Waals surface area contributed by atoms with E-state index < -0.39 is 5.82 Å². The summed E-state index contributed by atoms with van der Waals surface area (Å²) >= 11 is 5.64. The number of Topliss-reactive ketones (excluding diaryl/α,β-unsaturated/α-hetero) is 1. The second-order valence-electron chi connectivity index (χ2n) is 2.59. The molecule has 0 radical (unpaired) electrons. The summed E-state index contributed by atoms with van der Waals surface area (Å²) in [5.41, 5.74) is 0.418. The van der Waals surface area contributed by atoms with Gasteiger partial charge in [0.25, 0.3) is 0 Å². The van der Waals surface area contributed by atoms with Crippen LogP contribution in [0.3, 0.4) is 0 Å². The molecule has 0 amide bonds. The van der Waals surface area contributed by atoms with Crippen molar-refractivity contribution in [3.05, 3.63) is 34.1 Å². The molecule has 0 aliphatic heterocycles. The van der Waals surface area contributed by atoms with E-state index in [4.69, 9.17) is 11.6 Å². The van der Waals surface area contributed by atoms with Crippen molar-refractivity contribution < 1.29 is 9.18 Å². The highest BCUT2D eigenvalue weighted by atomic mass is 35.5. The highest BCUT2D eigenvalue weighted by molar-refractivity contribution is 6.31. The molecule has 1 aromatic rings. The molecule has 0 fully saturated rings. The molecule has 0 spiro atoms. The number of hydrogen-bond donors (Lipinski definition) is 0. The third kappa shape index (κ3) is 1.48. The minimum Gasteiger partial charge on any atom is -0.294 e. The van der Waals surface area contributed by atoms with Crippen LogP contribution in [0.5, 0.6) is 0 Å². The fourth-order valence-corrected chi connectivity index (χ4v) is 1.08. The second-order valence-corrected chi connectivity index (χ2v) is 3.00. The zero-order valence-corrected chi connectivity index (χ0v) is 7.57. The quantitative estimate of drug-likeness (QED) is 0.617. The maximum Gasteiger partial charge on any atom is 0.162 e. The summed E-state index contributed by atoms with van der Waals surface area (Å²) < 4.78 is 13.2. The van der Waals surface area contributed by atoms with E-state index in [2.05, 4.69) is 0 Å². The Balaban J connectivity index is 3.36. The van der Waals surface area contributed by atoms with Crippen LogP contribution in [0.25, 0.3) is 0 Å². The predicted octanol–water partition coefficient (Wildman–Crippen LogP) is 2.99. The molecule has 1 aromatic carbocycles. The van der Waals surface area contributed by atoms with Gasteiger partial charge in [-0.1, -0.05) is 11.6 Å². The molecule has 0 bridgehead atoms. The normalized spacial score (nSPS) is 10.0. The van der Waals surface area contributed by atoms with Crippen LogP contribution in [0.15, 0.2) is 12.1 Å². The lowest BCUT2D eigenvalue weighted by Crippen LogP contribution is -1.99. The Kier molecular flexibility index (Phi) is 2.48. The smallest absolute Gasteiger partial charge is 0.162 e. The van der Waals surface area contributed by atoms with E-state index in [-0.39, 0.29) is 11.3 Å². The third-order valence-corrected chi connectivity index (χ3v) is 2.11. The molecule has 0 aliphatic rings. The molecule has 0 saturated carbocycles. The number of ketones is 1. The summed E-state index contributed by atoms with van der Waals surface area (Å²) in [5, 5.41) is 0.345. The number of carbonyl (C=O) groups is 1. The summed E-state index contributed by atoms with van der Waals surface area (Å²) in [6, 6.07) is 2.92. The van der Waals surface area contributed by atoms with Crippen LogP contribution in [-0.4, -0.2) is 5.78 Å². The topological polar surface area (TPSA) is 17.1 Å². The third-order valence-electron chi connectivity index (χ3n) is 1.70. The van der Waals surface area contributed by atoms with E-state index in [0.717, 1.165) is 0 Å². The molecule has 64 valence electrons. The van der Waals surface area contributed by atoms with Crippen molar-refractivity contribution in [2.75, 3.05) is 0 Å². The fourth-order valence-electron chi connectivity index (χ4n) is 0.933.